The Morgan fingerprint density at radius 3 is 2.19 bits per heavy atom. The highest BCUT2D eigenvalue weighted by Gasteiger charge is 2.34. The van der Waals surface area contributed by atoms with Gasteiger partial charge in [0.15, 0.2) is 0 Å². The van der Waals surface area contributed by atoms with Crippen molar-refractivity contribution < 1.29 is 0 Å². The summed E-state index contributed by atoms with van der Waals surface area (Å²) < 4.78 is 0. The smallest absolute Gasteiger partial charge is 0.000960 e. The van der Waals surface area contributed by atoms with Gasteiger partial charge in [0.1, 0.15) is 0 Å². The number of nitrogens with zero attached hydrogens (tertiary/aromatic N) is 2. The van der Waals surface area contributed by atoms with E-state index in [1.54, 1.807) is 0 Å². The predicted molar refractivity (Wildman–Crippen MR) is 70.6 cm³/mol. The molecule has 0 radical (unpaired) electrons. The molecule has 2 N–H and O–H groups in total. The van der Waals surface area contributed by atoms with Gasteiger partial charge in [-0.1, -0.05) is 6.42 Å². The Hall–Kier alpha value is -0.120. The molecule has 0 bridgehead atoms. The molecule has 0 atom stereocenters. The fourth-order valence-corrected chi connectivity index (χ4v) is 2.43. The van der Waals surface area contributed by atoms with Gasteiger partial charge in [-0.05, 0) is 78.4 Å². The Kier molecular flexibility index (Phi) is 5.73. The quantitative estimate of drug-likeness (QED) is 0.680. The standard InChI is InChI=1S/C13H29N3/c1-15(2)9-5-10-16(3)11-8-13(12-14)6-4-7-13/h4-12,14H2,1-3H3. The molecule has 1 aliphatic carbocycles. The van der Waals surface area contributed by atoms with E-state index in [9.17, 15) is 0 Å². The minimum absolute atomic E-state index is 0.510. The summed E-state index contributed by atoms with van der Waals surface area (Å²) in [6, 6.07) is 0. The maximum Gasteiger partial charge on any atom is -0.000960 e. The van der Waals surface area contributed by atoms with Gasteiger partial charge in [-0.3, -0.25) is 0 Å². The van der Waals surface area contributed by atoms with Crippen LogP contribution in [0.3, 0.4) is 0 Å². The van der Waals surface area contributed by atoms with Gasteiger partial charge < -0.3 is 15.5 Å². The number of rotatable bonds is 8. The molecule has 1 rings (SSSR count). The third-order valence-corrected chi connectivity index (χ3v) is 4.02. The van der Waals surface area contributed by atoms with Crippen molar-refractivity contribution >= 4 is 0 Å². The molecule has 0 amide bonds. The Bertz CT molecular complexity index is 182. The highest BCUT2D eigenvalue weighted by molar-refractivity contribution is 4.88. The molecule has 16 heavy (non-hydrogen) atoms. The molecule has 0 aromatic heterocycles. The minimum Gasteiger partial charge on any atom is -0.330 e. The SMILES string of the molecule is CN(C)CCCN(C)CCC1(CN)CCC1. The van der Waals surface area contributed by atoms with Crippen molar-refractivity contribution in [2.75, 3.05) is 47.3 Å². The Morgan fingerprint density at radius 1 is 1.06 bits per heavy atom. The van der Waals surface area contributed by atoms with Crippen LogP contribution >= 0.6 is 0 Å². The summed E-state index contributed by atoms with van der Waals surface area (Å²) in [6.45, 7) is 4.49. The summed E-state index contributed by atoms with van der Waals surface area (Å²) in [5.41, 5.74) is 6.38. The first-order valence-corrected chi connectivity index (χ1v) is 6.61. The van der Waals surface area contributed by atoms with Crippen molar-refractivity contribution in [1.29, 1.82) is 0 Å². The second-order valence-corrected chi connectivity index (χ2v) is 5.77. The molecule has 0 saturated heterocycles. The molecule has 96 valence electrons. The molecule has 1 fully saturated rings. The van der Waals surface area contributed by atoms with Crippen LogP contribution in [-0.2, 0) is 0 Å². The van der Waals surface area contributed by atoms with Crippen LogP contribution in [0, 0.1) is 5.41 Å². The highest BCUT2D eigenvalue weighted by atomic mass is 15.1. The van der Waals surface area contributed by atoms with Crippen LogP contribution in [0.4, 0.5) is 0 Å². The van der Waals surface area contributed by atoms with Crippen LogP contribution in [0.5, 0.6) is 0 Å². The van der Waals surface area contributed by atoms with E-state index < -0.39 is 0 Å². The van der Waals surface area contributed by atoms with Gasteiger partial charge in [0.2, 0.25) is 0 Å². The van der Waals surface area contributed by atoms with Crippen LogP contribution in [-0.4, -0.2) is 57.1 Å². The zero-order chi connectivity index (χ0) is 12.0. The van der Waals surface area contributed by atoms with Crippen molar-refractivity contribution in [3.63, 3.8) is 0 Å². The lowest BCUT2D eigenvalue weighted by Gasteiger charge is -2.42. The van der Waals surface area contributed by atoms with E-state index in [1.807, 2.05) is 0 Å². The summed E-state index contributed by atoms with van der Waals surface area (Å²) in [5.74, 6) is 0. The van der Waals surface area contributed by atoms with Gasteiger partial charge in [-0.2, -0.15) is 0 Å². The summed E-state index contributed by atoms with van der Waals surface area (Å²) >= 11 is 0. The van der Waals surface area contributed by atoms with Gasteiger partial charge in [0, 0.05) is 0 Å². The Morgan fingerprint density at radius 2 is 1.75 bits per heavy atom. The lowest BCUT2D eigenvalue weighted by molar-refractivity contribution is 0.111. The highest BCUT2D eigenvalue weighted by Crippen LogP contribution is 2.42. The lowest BCUT2D eigenvalue weighted by Crippen LogP contribution is -2.40. The monoisotopic (exact) mass is 227 g/mol. The second-order valence-electron chi connectivity index (χ2n) is 5.77. The van der Waals surface area contributed by atoms with E-state index in [2.05, 4.69) is 30.9 Å². The third-order valence-electron chi connectivity index (χ3n) is 4.02. The maximum absolute atomic E-state index is 5.87. The van der Waals surface area contributed by atoms with Crippen molar-refractivity contribution in [2.45, 2.75) is 32.1 Å². The zero-order valence-electron chi connectivity index (χ0n) is 11.3. The van der Waals surface area contributed by atoms with Gasteiger partial charge in [-0.15, -0.1) is 0 Å². The van der Waals surface area contributed by atoms with Crippen LogP contribution in [0.2, 0.25) is 0 Å². The average Bonchev–Trinajstić information content (AvgIpc) is 2.16. The van der Waals surface area contributed by atoms with Gasteiger partial charge in [-0.25, -0.2) is 0 Å². The number of hydrogen-bond acceptors (Lipinski definition) is 3. The first-order valence-electron chi connectivity index (χ1n) is 6.61. The molecule has 0 heterocycles. The summed E-state index contributed by atoms with van der Waals surface area (Å²) in [6.07, 6.45) is 6.66. The fourth-order valence-electron chi connectivity index (χ4n) is 2.43. The van der Waals surface area contributed by atoms with E-state index in [-0.39, 0.29) is 0 Å². The van der Waals surface area contributed by atoms with Gasteiger partial charge >= 0.3 is 0 Å². The minimum atomic E-state index is 0.510. The zero-order valence-corrected chi connectivity index (χ0v) is 11.3. The number of hydrogen-bond donors (Lipinski definition) is 1. The van der Waals surface area contributed by atoms with Crippen molar-refractivity contribution in [1.82, 2.24) is 9.80 Å². The van der Waals surface area contributed by atoms with Crippen molar-refractivity contribution in [3.8, 4) is 0 Å². The topological polar surface area (TPSA) is 32.5 Å². The molecular formula is C13H29N3. The van der Waals surface area contributed by atoms with Crippen LogP contribution in [0.25, 0.3) is 0 Å². The molecule has 0 spiro atoms. The summed E-state index contributed by atoms with van der Waals surface area (Å²) in [7, 11) is 6.51. The lowest BCUT2D eigenvalue weighted by atomic mass is 9.66. The molecule has 3 heteroatoms. The fraction of sp³-hybridized carbons (Fsp3) is 1.00. The van der Waals surface area contributed by atoms with Gasteiger partial charge in [0.25, 0.3) is 0 Å². The van der Waals surface area contributed by atoms with E-state index in [1.165, 1.54) is 51.7 Å². The Labute approximate surface area is 101 Å². The summed E-state index contributed by atoms with van der Waals surface area (Å²) in [4.78, 5) is 4.71. The third kappa shape index (κ3) is 4.40. The molecule has 0 aromatic rings. The van der Waals surface area contributed by atoms with E-state index in [0.717, 1.165) is 6.54 Å². The largest absolute Gasteiger partial charge is 0.330 e. The van der Waals surface area contributed by atoms with Crippen LogP contribution < -0.4 is 5.73 Å². The molecule has 1 aliphatic rings. The molecule has 3 nitrogen and oxygen atoms in total. The molecule has 1 saturated carbocycles. The van der Waals surface area contributed by atoms with Crippen molar-refractivity contribution in [3.05, 3.63) is 0 Å². The van der Waals surface area contributed by atoms with E-state index in [0.29, 0.717) is 5.41 Å². The Balaban J connectivity index is 2.07. The van der Waals surface area contributed by atoms with Crippen LogP contribution in [0.1, 0.15) is 32.1 Å². The van der Waals surface area contributed by atoms with Crippen molar-refractivity contribution in [2.24, 2.45) is 11.1 Å². The molecule has 0 aliphatic heterocycles. The van der Waals surface area contributed by atoms with Gasteiger partial charge in [0.05, 0.1) is 0 Å². The first kappa shape index (κ1) is 13.9. The molecular weight excluding hydrogens is 198 g/mol. The van der Waals surface area contributed by atoms with Crippen LogP contribution in [0.15, 0.2) is 0 Å². The van der Waals surface area contributed by atoms with E-state index >= 15 is 0 Å². The maximum atomic E-state index is 5.87. The van der Waals surface area contributed by atoms with E-state index in [4.69, 9.17) is 5.73 Å². The second kappa shape index (κ2) is 6.58. The molecule has 0 aromatic carbocycles. The average molecular weight is 227 g/mol. The summed E-state index contributed by atoms with van der Waals surface area (Å²) in [5, 5.41) is 0. The number of nitrogens with two attached hydrogens (primary N) is 1. The normalized spacial score (nSPS) is 19.1. The first-order chi connectivity index (χ1) is 7.58. The predicted octanol–water partition coefficient (Wildman–Crippen LogP) is 1.39. The molecule has 0 unspecified atom stereocenters.